The Balaban J connectivity index is 2.08. The summed E-state index contributed by atoms with van der Waals surface area (Å²) in [5.74, 6) is -0.671. The smallest absolute Gasteiger partial charge is 0.286 e. The molecule has 1 aromatic rings. The van der Waals surface area contributed by atoms with Gasteiger partial charge in [0.1, 0.15) is 5.69 Å². The maximum Gasteiger partial charge on any atom is 0.286 e. The lowest BCUT2D eigenvalue weighted by Gasteiger charge is -2.06. The molecule has 1 aliphatic carbocycles. The molecule has 102 valence electrons. The minimum absolute atomic E-state index is 0.0274. The van der Waals surface area contributed by atoms with E-state index in [0.717, 1.165) is 12.8 Å². The third-order valence-corrected chi connectivity index (χ3v) is 3.26. The number of carbonyl (C=O) groups excluding carboxylic acids is 3. The molecule has 0 atom stereocenters. The Hall–Kier alpha value is -2.11. The Morgan fingerprint density at radius 3 is 2.26 bits per heavy atom. The highest BCUT2D eigenvalue weighted by atomic mass is 16.2. The zero-order valence-electron chi connectivity index (χ0n) is 11.2. The molecule has 0 unspecified atom stereocenters. The molecule has 0 bridgehead atoms. The fraction of sp³-hybridized carbons (Fsp3) is 0.462. The summed E-state index contributed by atoms with van der Waals surface area (Å²) in [6.07, 6.45) is 1.74. The van der Waals surface area contributed by atoms with E-state index >= 15 is 0 Å². The van der Waals surface area contributed by atoms with Crippen molar-refractivity contribution in [2.75, 3.05) is 0 Å². The van der Waals surface area contributed by atoms with Crippen molar-refractivity contribution >= 4 is 17.6 Å². The standard InChI is InChI=1S/C13H17N3O3/c1-6-10(8(3)17)7(2)14-11(6)13(19)16-15-12(18)9-4-5-9/h9,14H,4-5H2,1-3H3,(H,15,18)(H,16,19). The number of aromatic amines is 1. The molecule has 1 aliphatic rings. The molecule has 0 saturated heterocycles. The number of hydrogen-bond donors (Lipinski definition) is 3. The largest absolute Gasteiger partial charge is 0.354 e. The van der Waals surface area contributed by atoms with E-state index in [9.17, 15) is 14.4 Å². The highest BCUT2D eigenvalue weighted by Gasteiger charge is 2.30. The number of ketones is 1. The van der Waals surface area contributed by atoms with Gasteiger partial charge in [-0.25, -0.2) is 0 Å². The molecule has 1 aromatic heterocycles. The molecule has 3 N–H and O–H groups in total. The summed E-state index contributed by atoms with van der Waals surface area (Å²) in [7, 11) is 0. The summed E-state index contributed by atoms with van der Waals surface area (Å²) in [6.45, 7) is 4.90. The molecule has 6 nitrogen and oxygen atoms in total. The van der Waals surface area contributed by atoms with Gasteiger partial charge in [0.15, 0.2) is 5.78 Å². The second-order valence-electron chi connectivity index (χ2n) is 4.90. The van der Waals surface area contributed by atoms with E-state index in [1.807, 2.05) is 0 Å². The van der Waals surface area contributed by atoms with Crippen LogP contribution in [0.25, 0.3) is 0 Å². The van der Waals surface area contributed by atoms with Crippen LogP contribution in [0.5, 0.6) is 0 Å². The normalized spacial score (nSPS) is 14.1. The van der Waals surface area contributed by atoms with Crippen molar-refractivity contribution in [1.29, 1.82) is 0 Å². The van der Waals surface area contributed by atoms with E-state index in [0.29, 0.717) is 22.5 Å². The van der Waals surface area contributed by atoms with Crippen LogP contribution in [-0.4, -0.2) is 22.6 Å². The lowest BCUT2D eigenvalue weighted by Crippen LogP contribution is -2.42. The van der Waals surface area contributed by atoms with E-state index in [4.69, 9.17) is 0 Å². The van der Waals surface area contributed by atoms with Crippen LogP contribution in [-0.2, 0) is 4.79 Å². The number of hydrazine groups is 1. The van der Waals surface area contributed by atoms with Crippen molar-refractivity contribution in [1.82, 2.24) is 15.8 Å². The van der Waals surface area contributed by atoms with Crippen LogP contribution >= 0.6 is 0 Å². The van der Waals surface area contributed by atoms with Gasteiger partial charge >= 0.3 is 0 Å². The van der Waals surface area contributed by atoms with E-state index in [2.05, 4.69) is 15.8 Å². The third kappa shape index (κ3) is 2.67. The molecule has 0 spiro atoms. The fourth-order valence-electron chi connectivity index (χ4n) is 2.13. The van der Waals surface area contributed by atoms with Crippen LogP contribution in [0.4, 0.5) is 0 Å². The first-order valence-corrected chi connectivity index (χ1v) is 6.22. The number of aryl methyl sites for hydroxylation is 1. The van der Waals surface area contributed by atoms with Gasteiger partial charge in [-0.05, 0) is 39.2 Å². The van der Waals surface area contributed by atoms with E-state index in [1.54, 1.807) is 13.8 Å². The highest BCUT2D eigenvalue weighted by Crippen LogP contribution is 2.28. The first kappa shape index (κ1) is 13.3. The lowest BCUT2D eigenvalue weighted by molar-refractivity contribution is -0.123. The van der Waals surface area contributed by atoms with Crippen molar-refractivity contribution in [2.45, 2.75) is 33.6 Å². The number of carbonyl (C=O) groups is 3. The monoisotopic (exact) mass is 263 g/mol. The van der Waals surface area contributed by atoms with Gasteiger partial charge in [-0.3, -0.25) is 25.2 Å². The van der Waals surface area contributed by atoms with E-state index in [1.165, 1.54) is 6.92 Å². The molecule has 0 radical (unpaired) electrons. The topological polar surface area (TPSA) is 91.1 Å². The van der Waals surface area contributed by atoms with Crippen LogP contribution in [0.2, 0.25) is 0 Å². The predicted molar refractivity (Wildman–Crippen MR) is 68.6 cm³/mol. The zero-order valence-corrected chi connectivity index (χ0v) is 11.2. The Kier molecular flexibility index (Phi) is 3.42. The maximum absolute atomic E-state index is 11.9. The van der Waals surface area contributed by atoms with Crippen LogP contribution < -0.4 is 10.9 Å². The molecule has 1 fully saturated rings. The van der Waals surface area contributed by atoms with E-state index < -0.39 is 5.91 Å². The third-order valence-electron chi connectivity index (χ3n) is 3.26. The van der Waals surface area contributed by atoms with Gasteiger partial charge in [0.2, 0.25) is 5.91 Å². The summed E-state index contributed by atoms with van der Waals surface area (Å²) >= 11 is 0. The number of nitrogens with one attached hydrogen (secondary N) is 3. The molecular weight excluding hydrogens is 246 g/mol. The number of Topliss-reactive ketones (excluding diaryl/α,β-unsaturated/α-hetero) is 1. The number of amides is 2. The van der Waals surface area contributed by atoms with Crippen molar-refractivity contribution in [3.8, 4) is 0 Å². The Morgan fingerprint density at radius 1 is 1.16 bits per heavy atom. The van der Waals surface area contributed by atoms with Crippen LogP contribution in [0, 0.1) is 19.8 Å². The SMILES string of the molecule is CC(=O)c1c(C)[nH]c(C(=O)NNC(=O)C2CC2)c1C. The van der Waals surface area contributed by atoms with Crippen LogP contribution in [0.1, 0.15) is 51.9 Å². The van der Waals surface area contributed by atoms with Gasteiger partial charge in [-0.15, -0.1) is 0 Å². The predicted octanol–water partition coefficient (Wildman–Crippen LogP) is 1.01. The lowest BCUT2D eigenvalue weighted by atomic mass is 10.1. The van der Waals surface area contributed by atoms with Crippen molar-refractivity contribution in [3.05, 3.63) is 22.5 Å². The quantitative estimate of drug-likeness (QED) is 0.561. The summed E-state index contributed by atoms with van der Waals surface area (Å²) in [4.78, 5) is 37.7. The summed E-state index contributed by atoms with van der Waals surface area (Å²) in [5.41, 5.74) is 6.83. The average Bonchev–Trinajstić information content (AvgIpc) is 3.12. The van der Waals surface area contributed by atoms with E-state index in [-0.39, 0.29) is 17.6 Å². The molecule has 0 aromatic carbocycles. The summed E-state index contributed by atoms with van der Waals surface area (Å²) < 4.78 is 0. The molecule has 0 aliphatic heterocycles. The fourth-order valence-corrected chi connectivity index (χ4v) is 2.13. The van der Waals surface area contributed by atoms with Gasteiger partial charge in [-0.1, -0.05) is 0 Å². The summed E-state index contributed by atoms with van der Waals surface area (Å²) in [6, 6.07) is 0. The van der Waals surface area contributed by atoms with Gasteiger partial charge in [-0.2, -0.15) is 0 Å². The van der Waals surface area contributed by atoms with Crippen LogP contribution in [0.15, 0.2) is 0 Å². The van der Waals surface area contributed by atoms with Gasteiger partial charge in [0.25, 0.3) is 5.91 Å². The highest BCUT2D eigenvalue weighted by molar-refractivity contribution is 6.02. The summed E-state index contributed by atoms with van der Waals surface area (Å²) in [5, 5.41) is 0. The number of hydrogen-bond acceptors (Lipinski definition) is 3. The van der Waals surface area contributed by atoms with Gasteiger partial charge in [0, 0.05) is 17.2 Å². The molecule has 2 amide bonds. The van der Waals surface area contributed by atoms with Crippen LogP contribution in [0.3, 0.4) is 0 Å². The number of H-pyrrole nitrogens is 1. The average molecular weight is 263 g/mol. The minimum atomic E-state index is -0.442. The molecule has 2 rings (SSSR count). The van der Waals surface area contributed by atoms with Gasteiger partial charge < -0.3 is 4.98 Å². The minimum Gasteiger partial charge on any atom is -0.354 e. The molecule has 19 heavy (non-hydrogen) atoms. The zero-order chi connectivity index (χ0) is 14.2. The Labute approximate surface area is 110 Å². The molecule has 1 saturated carbocycles. The molecule has 6 heteroatoms. The molecule has 1 heterocycles. The van der Waals surface area contributed by atoms with Crippen molar-refractivity contribution < 1.29 is 14.4 Å². The second kappa shape index (κ2) is 4.87. The first-order valence-electron chi connectivity index (χ1n) is 6.22. The first-order chi connectivity index (χ1) is 8.91. The van der Waals surface area contributed by atoms with Crippen molar-refractivity contribution in [2.24, 2.45) is 5.92 Å². The second-order valence-corrected chi connectivity index (χ2v) is 4.90. The van der Waals surface area contributed by atoms with Crippen molar-refractivity contribution in [3.63, 3.8) is 0 Å². The van der Waals surface area contributed by atoms with Gasteiger partial charge in [0.05, 0.1) is 0 Å². The molecular formula is C13H17N3O3. The number of aromatic nitrogens is 1. The number of rotatable bonds is 3. The maximum atomic E-state index is 11.9. The Bertz CT molecular complexity index is 556. The Morgan fingerprint density at radius 2 is 1.79 bits per heavy atom.